The summed E-state index contributed by atoms with van der Waals surface area (Å²) in [6, 6.07) is 4.46. The second-order valence-corrected chi connectivity index (χ2v) is 3.24. The molecule has 0 aliphatic rings. The molecule has 90 valence electrons. The van der Waals surface area contributed by atoms with Gasteiger partial charge in [0.2, 0.25) is 0 Å². The smallest absolute Gasteiger partial charge is 0.490 e. The van der Waals surface area contributed by atoms with Crippen LogP contribution in [0.2, 0.25) is 5.02 Å². The van der Waals surface area contributed by atoms with Crippen molar-refractivity contribution in [2.45, 2.75) is 6.36 Å². The molecule has 1 aromatic rings. The maximum absolute atomic E-state index is 11.6. The van der Waals surface area contributed by atoms with E-state index in [0.29, 0.717) is 5.69 Å². The van der Waals surface area contributed by atoms with Gasteiger partial charge in [0.25, 0.3) is 0 Å². The average molecular weight is 256 g/mol. The van der Waals surface area contributed by atoms with Crippen LogP contribution < -0.4 is 10.5 Å². The van der Waals surface area contributed by atoms with E-state index in [4.69, 9.17) is 22.1 Å². The summed E-state index contributed by atoms with van der Waals surface area (Å²) in [5.41, 5.74) is 5.87. The van der Waals surface area contributed by atoms with Gasteiger partial charge >= 0.3 is 6.36 Å². The van der Waals surface area contributed by atoms with Crippen LogP contribution in [0.5, 0.6) is 5.75 Å². The molecule has 0 saturated heterocycles. The Morgan fingerprint density at radius 1 is 1.25 bits per heavy atom. The average Bonchev–Trinajstić information content (AvgIpc) is 2.13. The number of benzene rings is 1. The number of nitrogens with two attached hydrogens (primary N) is 1. The zero-order chi connectivity index (χ0) is 12.2. The predicted molar refractivity (Wildman–Crippen MR) is 53.4 cm³/mol. The first-order valence-electron chi connectivity index (χ1n) is 4.27. The third kappa shape index (κ3) is 4.59. The maximum Gasteiger partial charge on any atom is 0.522 e. The maximum atomic E-state index is 11.6. The lowest BCUT2D eigenvalue weighted by Crippen LogP contribution is -2.18. The Morgan fingerprint density at radius 2 is 1.94 bits per heavy atom. The lowest BCUT2D eigenvalue weighted by atomic mass is 10.3. The molecular formula is C9H9ClF3NO2. The van der Waals surface area contributed by atoms with Crippen molar-refractivity contribution < 1.29 is 22.6 Å². The summed E-state index contributed by atoms with van der Waals surface area (Å²) in [5, 5.41) is 0.243. The Kier molecular flexibility index (Phi) is 4.26. The van der Waals surface area contributed by atoms with Gasteiger partial charge in [0.05, 0.1) is 11.6 Å². The number of ether oxygens (including phenoxy) is 2. The van der Waals surface area contributed by atoms with Crippen LogP contribution in [0.25, 0.3) is 0 Å². The molecule has 0 bridgehead atoms. The van der Waals surface area contributed by atoms with Gasteiger partial charge < -0.3 is 10.5 Å². The number of hydrogen-bond donors (Lipinski definition) is 1. The molecule has 16 heavy (non-hydrogen) atoms. The van der Waals surface area contributed by atoms with Gasteiger partial charge in [-0.15, -0.1) is 13.2 Å². The largest absolute Gasteiger partial charge is 0.522 e. The first-order chi connectivity index (χ1) is 7.38. The fourth-order valence-electron chi connectivity index (χ4n) is 0.943. The molecule has 2 N–H and O–H groups in total. The minimum atomic E-state index is -4.64. The highest BCUT2D eigenvalue weighted by Crippen LogP contribution is 2.26. The fourth-order valence-corrected chi connectivity index (χ4v) is 1.19. The van der Waals surface area contributed by atoms with Crippen LogP contribution in [-0.4, -0.2) is 19.6 Å². The molecular weight excluding hydrogens is 247 g/mol. The van der Waals surface area contributed by atoms with Crippen molar-refractivity contribution in [2.24, 2.45) is 0 Å². The van der Waals surface area contributed by atoms with Gasteiger partial charge in [0.1, 0.15) is 12.4 Å². The molecule has 7 heteroatoms. The number of nitrogen functional groups attached to an aromatic ring is 1. The lowest BCUT2D eigenvalue weighted by molar-refractivity contribution is -0.325. The van der Waals surface area contributed by atoms with Gasteiger partial charge in [-0.05, 0) is 18.2 Å². The van der Waals surface area contributed by atoms with E-state index in [1.165, 1.54) is 18.2 Å². The van der Waals surface area contributed by atoms with E-state index in [1.54, 1.807) is 0 Å². The van der Waals surface area contributed by atoms with Crippen molar-refractivity contribution in [3.8, 4) is 5.75 Å². The highest BCUT2D eigenvalue weighted by atomic mass is 35.5. The summed E-state index contributed by atoms with van der Waals surface area (Å²) in [7, 11) is 0. The zero-order valence-corrected chi connectivity index (χ0v) is 8.81. The second-order valence-electron chi connectivity index (χ2n) is 2.83. The second kappa shape index (κ2) is 5.27. The van der Waals surface area contributed by atoms with Gasteiger partial charge in [0.15, 0.2) is 0 Å². The molecule has 0 unspecified atom stereocenters. The molecule has 0 saturated carbocycles. The predicted octanol–water partition coefficient (Wildman–Crippen LogP) is 2.84. The highest BCUT2D eigenvalue weighted by Gasteiger charge is 2.28. The van der Waals surface area contributed by atoms with E-state index in [0.717, 1.165) is 0 Å². The third-order valence-corrected chi connectivity index (χ3v) is 1.86. The van der Waals surface area contributed by atoms with Gasteiger partial charge in [0, 0.05) is 5.69 Å². The van der Waals surface area contributed by atoms with Crippen LogP contribution in [0.3, 0.4) is 0 Å². The van der Waals surface area contributed by atoms with Gasteiger partial charge in [-0.3, -0.25) is 4.74 Å². The minimum absolute atomic E-state index is 0.243. The topological polar surface area (TPSA) is 44.5 Å². The Labute approximate surface area is 94.9 Å². The van der Waals surface area contributed by atoms with Crippen molar-refractivity contribution in [1.82, 2.24) is 0 Å². The molecule has 0 atom stereocenters. The summed E-state index contributed by atoms with van der Waals surface area (Å²) < 4.78 is 43.3. The van der Waals surface area contributed by atoms with Crippen molar-refractivity contribution in [3.63, 3.8) is 0 Å². The Bertz CT molecular complexity index is 357. The molecule has 0 aliphatic carbocycles. The Morgan fingerprint density at radius 3 is 2.50 bits per heavy atom. The fraction of sp³-hybridized carbons (Fsp3) is 0.333. The standard InChI is InChI=1S/C9H9ClF3NO2/c10-7-5-6(14)1-2-8(7)15-3-4-16-9(11,12)13/h1-2,5H,3-4,14H2. The van der Waals surface area contributed by atoms with E-state index in [1.807, 2.05) is 0 Å². The summed E-state index contributed by atoms with van der Waals surface area (Å²) in [6.07, 6.45) is -4.64. The van der Waals surface area contributed by atoms with Crippen molar-refractivity contribution in [1.29, 1.82) is 0 Å². The number of anilines is 1. The molecule has 0 amide bonds. The number of halogens is 4. The van der Waals surface area contributed by atoms with Crippen LogP contribution in [0.15, 0.2) is 18.2 Å². The Balaban J connectivity index is 2.38. The van der Waals surface area contributed by atoms with Crippen molar-refractivity contribution in [2.75, 3.05) is 18.9 Å². The summed E-state index contributed by atoms with van der Waals surface area (Å²) >= 11 is 5.73. The van der Waals surface area contributed by atoms with Crippen LogP contribution in [0.1, 0.15) is 0 Å². The first-order valence-corrected chi connectivity index (χ1v) is 4.65. The van der Waals surface area contributed by atoms with Crippen LogP contribution >= 0.6 is 11.6 Å². The van der Waals surface area contributed by atoms with E-state index >= 15 is 0 Å². The summed E-state index contributed by atoms with van der Waals surface area (Å²) in [6.45, 7) is -0.840. The molecule has 1 aromatic carbocycles. The van der Waals surface area contributed by atoms with Crippen molar-refractivity contribution >= 4 is 17.3 Å². The molecule has 0 radical (unpaired) electrons. The molecule has 0 aromatic heterocycles. The monoisotopic (exact) mass is 255 g/mol. The number of alkyl halides is 3. The van der Waals surface area contributed by atoms with E-state index in [2.05, 4.69) is 4.74 Å². The molecule has 3 nitrogen and oxygen atoms in total. The minimum Gasteiger partial charge on any atom is -0.490 e. The van der Waals surface area contributed by atoms with E-state index in [9.17, 15) is 13.2 Å². The molecule has 0 fully saturated rings. The Hall–Kier alpha value is -1.14. The summed E-state index contributed by atoms with van der Waals surface area (Å²) in [4.78, 5) is 0. The highest BCUT2D eigenvalue weighted by molar-refractivity contribution is 6.32. The van der Waals surface area contributed by atoms with E-state index < -0.39 is 13.0 Å². The number of hydrogen-bond acceptors (Lipinski definition) is 3. The molecule has 0 aliphatic heterocycles. The van der Waals surface area contributed by atoms with Gasteiger partial charge in [-0.25, -0.2) is 0 Å². The van der Waals surface area contributed by atoms with Crippen LogP contribution in [-0.2, 0) is 4.74 Å². The summed E-state index contributed by atoms with van der Waals surface area (Å²) in [5.74, 6) is 0.265. The lowest BCUT2D eigenvalue weighted by Gasteiger charge is -2.10. The van der Waals surface area contributed by atoms with Crippen molar-refractivity contribution in [3.05, 3.63) is 23.2 Å². The number of rotatable bonds is 4. The zero-order valence-electron chi connectivity index (χ0n) is 8.05. The SMILES string of the molecule is Nc1ccc(OCCOC(F)(F)F)c(Cl)c1. The third-order valence-electron chi connectivity index (χ3n) is 1.56. The van der Waals surface area contributed by atoms with E-state index in [-0.39, 0.29) is 17.4 Å². The van der Waals surface area contributed by atoms with Gasteiger partial charge in [-0.2, -0.15) is 0 Å². The quantitative estimate of drug-likeness (QED) is 0.665. The van der Waals surface area contributed by atoms with Crippen LogP contribution in [0.4, 0.5) is 18.9 Å². The van der Waals surface area contributed by atoms with Crippen LogP contribution in [0, 0.1) is 0 Å². The first kappa shape index (κ1) is 12.9. The molecule has 0 spiro atoms. The molecule has 1 rings (SSSR count). The van der Waals surface area contributed by atoms with Gasteiger partial charge in [-0.1, -0.05) is 11.6 Å². The molecule has 0 heterocycles. The normalized spacial score (nSPS) is 11.5.